The zero-order chi connectivity index (χ0) is 17.9. The number of hydrogen-bond acceptors (Lipinski definition) is 6. The third-order valence-corrected chi connectivity index (χ3v) is 5.33. The normalized spacial score (nSPS) is 24.1. The van der Waals surface area contributed by atoms with Crippen molar-refractivity contribution >= 4 is 11.9 Å². The van der Waals surface area contributed by atoms with E-state index in [1.54, 1.807) is 29.2 Å². The maximum atomic E-state index is 12.9. The third-order valence-electron chi connectivity index (χ3n) is 5.33. The molecule has 136 valence electrons. The highest BCUT2D eigenvalue weighted by Crippen LogP contribution is 2.41. The molecule has 6 nitrogen and oxygen atoms in total. The molecule has 1 aromatic carbocycles. The zero-order valence-electron chi connectivity index (χ0n) is 14.2. The zero-order valence-corrected chi connectivity index (χ0v) is 14.2. The molecular weight excluding hydrogens is 322 g/mol. The minimum absolute atomic E-state index is 0.150. The van der Waals surface area contributed by atoms with E-state index in [2.05, 4.69) is 0 Å². The minimum Gasteiger partial charge on any atom is -0.549 e. The predicted octanol–water partition coefficient (Wildman–Crippen LogP) is 0.432. The van der Waals surface area contributed by atoms with Gasteiger partial charge in [-0.25, -0.2) is 4.79 Å². The van der Waals surface area contributed by atoms with Crippen LogP contribution in [0.3, 0.4) is 0 Å². The van der Waals surface area contributed by atoms with Crippen LogP contribution in [0.1, 0.15) is 37.7 Å². The Morgan fingerprint density at radius 2 is 1.88 bits per heavy atom. The second-order valence-corrected chi connectivity index (χ2v) is 7.04. The number of ether oxygens (including phenoxy) is 1. The van der Waals surface area contributed by atoms with Gasteiger partial charge in [-0.15, -0.1) is 0 Å². The summed E-state index contributed by atoms with van der Waals surface area (Å²) in [6.45, 7) is 0.730. The SMILES string of the molecule is O=C([O-])CN1CC[C@@H](OC(=O)[C@](O)(c2ccccc2)C2CCCC2)C1. The molecule has 6 heteroatoms. The molecular formula is C19H24NO5-. The highest BCUT2D eigenvalue weighted by Gasteiger charge is 2.48. The molecule has 1 aliphatic heterocycles. The number of carbonyl (C=O) groups is 2. The van der Waals surface area contributed by atoms with E-state index in [0.717, 1.165) is 25.7 Å². The van der Waals surface area contributed by atoms with Crippen molar-refractivity contribution in [3.05, 3.63) is 35.9 Å². The first kappa shape index (κ1) is 17.9. The quantitative estimate of drug-likeness (QED) is 0.752. The number of rotatable bonds is 6. The number of hydrogen-bond donors (Lipinski definition) is 1. The van der Waals surface area contributed by atoms with E-state index < -0.39 is 23.6 Å². The van der Waals surface area contributed by atoms with Crippen LogP contribution in [0.4, 0.5) is 0 Å². The number of aliphatic carboxylic acids is 1. The molecule has 1 saturated carbocycles. The van der Waals surface area contributed by atoms with Crippen LogP contribution >= 0.6 is 0 Å². The van der Waals surface area contributed by atoms with Crippen LogP contribution in [-0.2, 0) is 19.9 Å². The van der Waals surface area contributed by atoms with Gasteiger partial charge in [-0.1, -0.05) is 43.2 Å². The van der Waals surface area contributed by atoms with E-state index >= 15 is 0 Å². The smallest absolute Gasteiger partial charge is 0.343 e. The van der Waals surface area contributed by atoms with Gasteiger partial charge in [0, 0.05) is 25.6 Å². The summed E-state index contributed by atoms with van der Waals surface area (Å²) in [4.78, 5) is 25.3. The number of esters is 1. The van der Waals surface area contributed by atoms with Gasteiger partial charge in [-0.05, 0) is 24.8 Å². The molecule has 1 aliphatic carbocycles. The second-order valence-electron chi connectivity index (χ2n) is 7.04. The topological polar surface area (TPSA) is 89.9 Å². The van der Waals surface area contributed by atoms with Crippen molar-refractivity contribution in [2.75, 3.05) is 19.6 Å². The van der Waals surface area contributed by atoms with Gasteiger partial charge in [0.25, 0.3) is 0 Å². The van der Waals surface area contributed by atoms with E-state index in [0.29, 0.717) is 25.1 Å². The number of carboxylic acid groups (broad SMARTS) is 1. The summed E-state index contributed by atoms with van der Waals surface area (Å²) < 4.78 is 5.61. The first-order valence-electron chi connectivity index (χ1n) is 8.91. The molecule has 0 amide bonds. The van der Waals surface area contributed by atoms with E-state index in [1.807, 2.05) is 6.07 Å². The molecule has 1 heterocycles. The molecule has 0 aromatic heterocycles. The Hall–Kier alpha value is -1.92. The Balaban J connectivity index is 1.73. The molecule has 0 bridgehead atoms. The van der Waals surface area contributed by atoms with Crippen molar-refractivity contribution in [1.29, 1.82) is 0 Å². The lowest BCUT2D eigenvalue weighted by molar-refractivity contribution is -0.306. The Morgan fingerprint density at radius 1 is 1.20 bits per heavy atom. The van der Waals surface area contributed by atoms with Crippen molar-refractivity contribution in [2.24, 2.45) is 5.92 Å². The van der Waals surface area contributed by atoms with Crippen molar-refractivity contribution < 1.29 is 24.5 Å². The van der Waals surface area contributed by atoms with Gasteiger partial charge in [0.2, 0.25) is 0 Å². The number of carbonyl (C=O) groups excluding carboxylic acids is 2. The van der Waals surface area contributed by atoms with E-state index in [4.69, 9.17) is 4.74 Å². The van der Waals surface area contributed by atoms with Gasteiger partial charge >= 0.3 is 5.97 Å². The van der Waals surface area contributed by atoms with Crippen molar-refractivity contribution in [3.63, 3.8) is 0 Å². The first-order chi connectivity index (χ1) is 12.0. The second kappa shape index (κ2) is 7.54. The largest absolute Gasteiger partial charge is 0.549 e. The van der Waals surface area contributed by atoms with Crippen molar-refractivity contribution in [3.8, 4) is 0 Å². The van der Waals surface area contributed by atoms with Crippen LogP contribution in [0.2, 0.25) is 0 Å². The molecule has 0 unspecified atom stereocenters. The monoisotopic (exact) mass is 346 g/mol. The minimum atomic E-state index is -1.64. The fourth-order valence-electron chi connectivity index (χ4n) is 4.02. The summed E-state index contributed by atoms with van der Waals surface area (Å²) in [7, 11) is 0. The lowest BCUT2D eigenvalue weighted by Gasteiger charge is -2.33. The molecule has 2 aliphatic rings. The van der Waals surface area contributed by atoms with Crippen molar-refractivity contribution in [1.82, 2.24) is 4.90 Å². The maximum Gasteiger partial charge on any atom is 0.343 e. The van der Waals surface area contributed by atoms with Gasteiger partial charge < -0.3 is 19.7 Å². The highest BCUT2D eigenvalue weighted by molar-refractivity contribution is 5.81. The number of nitrogens with zero attached hydrogens (tertiary/aromatic N) is 1. The summed E-state index contributed by atoms with van der Waals surface area (Å²) >= 11 is 0. The molecule has 0 radical (unpaired) electrons. The number of benzene rings is 1. The van der Waals surface area contributed by atoms with Crippen LogP contribution in [0.25, 0.3) is 0 Å². The lowest BCUT2D eigenvalue weighted by Crippen LogP contribution is -2.45. The van der Waals surface area contributed by atoms with Crippen LogP contribution in [0.5, 0.6) is 0 Å². The van der Waals surface area contributed by atoms with Crippen LogP contribution in [0.15, 0.2) is 30.3 Å². The van der Waals surface area contributed by atoms with Gasteiger partial charge in [-0.3, -0.25) is 4.90 Å². The standard InChI is InChI=1S/C19H25NO5/c21-17(22)13-20-11-10-16(12-20)25-18(23)19(24,15-8-4-5-9-15)14-6-2-1-3-7-14/h1-3,6-7,15-16,24H,4-5,8-13H2,(H,21,22)/p-1/t16-,19+/m1/s1. The molecule has 3 rings (SSSR count). The molecule has 2 atom stereocenters. The fourth-order valence-corrected chi connectivity index (χ4v) is 4.02. The lowest BCUT2D eigenvalue weighted by atomic mass is 9.80. The molecule has 2 fully saturated rings. The Kier molecular flexibility index (Phi) is 5.39. The average Bonchev–Trinajstić information content (AvgIpc) is 3.26. The predicted molar refractivity (Wildman–Crippen MR) is 88.2 cm³/mol. The Bertz CT molecular complexity index is 614. The number of likely N-dealkylation sites (tertiary alicyclic amines) is 1. The Morgan fingerprint density at radius 3 is 2.52 bits per heavy atom. The first-order valence-corrected chi connectivity index (χ1v) is 8.91. The summed E-state index contributed by atoms with van der Waals surface area (Å²) in [5.74, 6) is -1.91. The third kappa shape index (κ3) is 3.85. The van der Waals surface area contributed by atoms with Crippen LogP contribution in [0, 0.1) is 5.92 Å². The maximum absolute atomic E-state index is 12.9. The average molecular weight is 346 g/mol. The van der Waals surface area contributed by atoms with E-state index in [1.165, 1.54) is 0 Å². The summed E-state index contributed by atoms with van der Waals surface area (Å²) in [6, 6.07) is 8.98. The van der Waals surface area contributed by atoms with E-state index in [-0.39, 0.29) is 12.5 Å². The van der Waals surface area contributed by atoms with Crippen LogP contribution in [-0.4, -0.2) is 47.7 Å². The summed E-state index contributed by atoms with van der Waals surface area (Å²) in [5, 5.41) is 22.0. The van der Waals surface area contributed by atoms with E-state index in [9.17, 15) is 19.8 Å². The van der Waals surface area contributed by atoms with Gasteiger partial charge in [-0.2, -0.15) is 0 Å². The van der Waals surface area contributed by atoms with Gasteiger partial charge in [0.1, 0.15) is 6.10 Å². The molecule has 0 spiro atoms. The molecule has 1 N–H and O–H groups in total. The van der Waals surface area contributed by atoms with Gasteiger partial charge in [0.15, 0.2) is 5.60 Å². The summed E-state index contributed by atoms with van der Waals surface area (Å²) in [6.07, 6.45) is 3.74. The molecule has 1 saturated heterocycles. The molecule has 1 aromatic rings. The number of carboxylic acids is 1. The number of aliphatic hydroxyl groups is 1. The fraction of sp³-hybridized carbons (Fsp3) is 0.579. The van der Waals surface area contributed by atoms with Gasteiger partial charge in [0.05, 0.1) is 5.97 Å². The highest BCUT2D eigenvalue weighted by atomic mass is 16.6. The van der Waals surface area contributed by atoms with Crippen molar-refractivity contribution in [2.45, 2.75) is 43.8 Å². The summed E-state index contributed by atoms with van der Waals surface area (Å²) in [5.41, 5.74) is -1.07. The Labute approximate surface area is 147 Å². The molecule has 25 heavy (non-hydrogen) atoms. The van der Waals surface area contributed by atoms with Crippen LogP contribution < -0.4 is 5.11 Å².